The van der Waals surface area contributed by atoms with Crippen LogP contribution in [0.5, 0.6) is 0 Å². The number of carbonyl (C=O) groups is 1. The van der Waals surface area contributed by atoms with Crippen LogP contribution in [0.3, 0.4) is 0 Å². The molecule has 1 aliphatic heterocycles. The maximum atomic E-state index is 12.3. The number of nitrogens with zero attached hydrogens (tertiary/aromatic N) is 2. The third-order valence-electron chi connectivity index (χ3n) is 3.84. The van der Waals surface area contributed by atoms with Crippen molar-refractivity contribution >= 4 is 11.6 Å². The van der Waals surface area contributed by atoms with Crippen LogP contribution in [-0.4, -0.2) is 35.4 Å². The molecule has 104 valence electrons. The quantitative estimate of drug-likeness (QED) is 0.906. The first-order valence-corrected chi connectivity index (χ1v) is 7.23. The van der Waals surface area contributed by atoms with E-state index in [1.54, 1.807) is 6.20 Å². The summed E-state index contributed by atoms with van der Waals surface area (Å²) in [6.07, 6.45) is 5.20. The molecule has 1 aromatic heterocycles. The fourth-order valence-corrected chi connectivity index (χ4v) is 2.54. The van der Waals surface area contributed by atoms with Gasteiger partial charge in [0.2, 0.25) is 0 Å². The van der Waals surface area contributed by atoms with Gasteiger partial charge in [-0.2, -0.15) is 0 Å². The smallest absolute Gasteiger partial charge is 0.272 e. The molecule has 1 aromatic rings. The van der Waals surface area contributed by atoms with Crippen molar-refractivity contribution in [1.82, 2.24) is 9.88 Å². The lowest BCUT2D eigenvalue weighted by atomic mass is 9.94. The maximum Gasteiger partial charge on any atom is 0.272 e. The van der Waals surface area contributed by atoms with E-state index in [2.05, 4.69) is 17.2 Å². The largest absolute Gasteiger partial charge is 0.384 e. The Kier molecular flexibility index (Phi) is 4.77. The minimum Gasteiger partial charge on any atom is -0.384 e. The lowest BCUT2D eigenvalue weighted by Crippen LogP contribution is -2.38. The van der Waals surface area contributed by atoms with Crippen molar-refractivity contribution in [2.45, 2.75) is 33.1 Å². The van der Waals surface area contributed by atoms with Crippen molar-refractivity contribution in [1.29, 1.82) is 0 Å². The molecule has 19 heavy (non-hydrogen) atoms. The van der Waals surface area contributed by atoms with Gasteiger partial charge in [0, 0.05) is 19.6 Å². The van der Waals surface area contributed by atoms with Gasteiger partial charge in [-0.05, 0) is 37.8 Å². The molecule has 1 aliphatic rings. The van der Waals surface area contributed by atoms with Crippen LogP contribution < -0.4 is 5.32 Å². The van der Waals surface area contributed by atoms with Gasteiger partial charge >= 0.3 is 0 Å². The summed E-state index contributed by atoms with van der Waals surface area (Å²) in [5.41, 5.74) is 1.51. The van der Waals surface area contributed by atoms with Gasteiger partial charge < -0.3 is 10.2 Å². The van der Waals surface area contributed by atoms with Gasteiger partial charge in [0.15, 0.2) is 0 Å². The molecule has 2 rings (SSSR count). The minimum absolute atomic E-state index is 0.0672. The number of pyridine rings is 1. The zero-order chi connectivity index (χ0) is 13.7. The highest BCUT2D eigenvalue weighted by molar-refractivity contribution is 5.92. The summed E-state index contributed by atoms with van der Waals surface area (Å²) in [5, 5.41) is 3.18. The Bertz CT molecular complexity index is 408. The van der Waals surface area contributed by atoms with Crippen LogP contribution >= 0.6 is 0 Å². The van der Waals surface area contributed by atoms with Gasteiger partial charge in [-0.1, -0.05) is 13.3 Å². The fourth-order valence-electron chi connectivity index (χ4n) is 2.54. The van der Waals surface area contributed by atoms with Gasteiger partial charge in [0.05, 0.1) is 11.9 Å². The predicted octanol–water partition coefficient (Wildman–Crippen LogP) is 2.78. The highest BCUT2D eigenvalue weighted by atomic mass is 16.2. The lowest BCUT2D eigenvalue weighted by molar-refractivity contribution is 0.0683. The summed E-state index contributed by atoms with van der Waals surface area (Å²) in [6, 6.07) is 3.73. The Hall–Kier alpha value is -1.58. The number of nitrogens with one attached hydrogen (secondary N) is 1. The molecule has 1 amide bonds. The molecule has 0 bridgehead atoms. The van der Waals surface area contributed by atoms with E-state index in [0.29, 0.717) is 5.69 Å². The Labute approximate surface area is 115 Å². The minimum atomic E-state index is 0.0672. The molecular formula is C15H23N3O. The molecule has 4 heteroatoms. The third-order valence-corrected chi connectivity index (χ3v) is 3.84. The number of amides is 1. The van der Waals surface area contributed by atoms with Gasteiger partial charge in [-0.25, -0.2) is 4.98 Å². The topological polar surface area (TPSA) is 45.2 Å². The van der Waals surface area contributed by atoms with Crippen molar-refractivity contribution in [2.24, 2.45) is 5.92 Å². The van der Waals surface area contributed by atoms with Gasteiger partial charge in [-0.3, -0.25) is 4.79 Å². The van der Waals surface area contributed by atoms with Crippen molar-refractivity contribution in [2.75, 3.05) is 25.0 Å². The molecule has 4 nitrogen and oxygen atoms in total. The number of hydrogen-bond donors (Lipinski definition) is 1. The molecule has 0 radical (unpaired) electrons. The molecule has 2 heterocycles. The van der Waals surface area contributed by atoms with E-state index >= 15 is 0 Å². The second-order valence-corrected chi connectivity index (χ2v) is 5.11. The molecule has 0 saturated carbocycles. The number of hydrogen-bond acceptors (Lipinski definition) is 3. The Balaban J connectivity index is 1.96. The molecule has 0 atom stereocenters. The van der Waals surface area contributed by atoms with E-state index in [-0.39, 0.29) is 5.91 Å². The summed E-state index contributed by atoms with van der Waals surface area (Å²) < 4.78 is 0. The summed E-state index contributed by atoms with van der Waals surface area (Å²) in [5.74, 6) is 0.853. The zero-order valence-corrected chi connectivity index (χ0v) is 11.9. The summed E-state index contributed by atoms with van der Waals surface area (Å²) in [4.78, 5) is 18.5. The van der Waals surface area contributed by atoms with Crippen LogP contribution in [0.4, 0.5) is 5.69 Å². The lowest BCUT2D eigenvalue weighted by Gasteiger charge is -2.31. The van der Waals surface area contributed by atoms with Crippen molar-refractivity contribution in [3.63, 3.8) is 0 Å². The second-order valence-electron chi connectivity index (χ2n) is 5.11. The third kappa shape index (κ3) is 3.46. The number of piperidine rings is 1. The van der Waals surface area contributed by atoms with E-state index in [9.17, 15) is 4.79 Å². The first-order valence-electron chi connectivity index (χ1n) is 7.23. The van der Waals surface area contributed by atoms with Gasteiger partial charge in [0.1, 0.15) is 5.69 Å². The van der Waals surface area contributed by atoms with Crippen LogP contribution in [0, 0.1) is 5.92 Å². The van der Waals surface area contributed by atoms with E-state index in [1.807, 2.05) is 24.0 Å². The molecule has 1 saturated heterocycles. The van der Waals surface area contributed by atoms with Crippen molar-refractivity contribution in [3.8, 4) is 0 Å². The summed E-state index contributed by atoms with van der Waals surface area (Å²) >= 11 is 0. The molecule has 0 spiro atoms. The van der Waals surface area contributed by atoms with Crippen molar-refractivity contribution < 1.29 is 4.79 Å². The molecular weight excluding hydrogens is 238 g/mol. The average molecular weight is 261 g/mol. The molecule has 0 aromatic carbocycles. The van der Waals surface area contributed by atoms with E-state index in [4.69, 9.17) is 0 Å². The summed E-state index contributed by atoms with van der Waals surface area (Å²) in [7, 11) is 0. The number of carbonyl (C=O) groups excluding carboxylic acids is 1. The first-order chi connectivity index (χ1) is 9.24. The SMILES string of the molecule is CCNc1ccc(C(=O)N2CCC(CC)CC2)nc1. The maximum absolute atomic E-state index is 12.3. The highest BCUT2D eigenvalue weighted by Crippen LogP contribution is 2.21. The van der Waals surface area contributed by atoms with E-state index in [1.165, 1.54) is 6.42 Å². The Morgan fingerprint density at radius 1 is 1.37 bits per heavy atom. The first kappa shape index (κ1) is 13.8. The predicted molar refractivity (Wildman–Crippen MR) is 77.3 cm³/mol. The normalized spacial score (nSPS) is 16.4. The molecule has 0 aliphatic carbocycles. The number of aromatic nitrogens is 1. The van der Waals surface area contributed by atoms with Crippen LogP contribution in [0.25, 0.3) is 0 Å². The Morgan fingerprint density at radius 3 is 2.63 bits per heavy atom. The zero-order valence-electron chi connectivity index (χ0n) is 11.9. The average Bonchev–Trinajstić information content (AvgIpc) is 2.48. The van der Waals surface area contributed by atoms with Crippen molar-refractivity contribution in [3.05, 3.63) is 24.0 Å². The molecule has 1 N–H and O–H groups in total. The second kappa shape index (κ2) is 6.55. The fraction of sp³-hybridized carbons (Fsp3) is 0.600. The van der Waals surface area contributed by atoms with Crippen LogP contribution in [0.1, 0.15) is 43.6 Å². The van der Waals surface area contributed by atoms with Crippen LogP contribution in [0.15, 0.2) is 18.3 Å². The molecule has 0 unspecified atom stereocenters. The van der Waals surface area contributed by atoms with Crippen LogP contribution in [-0.2, 0) is 0 Å². The standard InChI is InChI=1S/C15H23N3O/c1-3-12-7-9-18(10-8-12)15(19)14-6-5-13(11-17-14)16-4-2/h5-6,11-12,16H,3-4,7-10H2,1-2H3. The highest BCUT2D eigenvalue weighted by Gasteiger charge is 2.23. The number of anilines is 1. The van der Waals surface area contributed by atoms with Gasteiger partial charge in [-0.15, -0.1) is 0 Å². The number of rotatable bonds is 4. The number of likely N-dealkylation sites (tertiary alicyclic amines) is 1. The van der Waals surface area contributed by atoms with E-state index < -0.39 is 0 Å². The molecule has 1 fully saturated rings. The monoisotopic (exact) mass is 261 g/mol. The van der Waals surface area contributed by atoms with Gasteiger partial charge in [0.25, 0.3) is 5.91 Å². The van der Waals surface area contributed by atoms with Crippen LogP contribution in [0.2, 0.25) is 0 Å². The van der Waals surface area contributed by atoms with E-state index in [0.717, 1.165) is 44.1 Å². The Morgan fingerprint density at radius 2 is 2.11 bits per heavy atom. The summed E-state index contributed by atoms with van der Waals surface area (Å²) in [6.45, 7) is 6.86.